The summed E-state index contributed by atoms with van der Waals surface area (Å²) in [6.07, 6.45) is 0.228. The van der Waals surface area contributed by atoms with Crippen molar-refractivity contribution in [1.82, 2.24) is 0 Å². The minimum atomic E-state index is -3.09. The van der Waals surface area contributed by atoms with Crippen molar-refractivity contribution in [1.29, 1.82) is 0 Å². The summed E-state index contributed by atoms with van der Waals surface area (Å²) < 4.78 is 15.9. The highest BCUT2D eigenvalue weighted by Gasteiger charge is 2.19. The van der Waals surface area contributed by atoms with Crippen LogP contribution in [0.2, 0.25) is 0 Å². The van der Waals surface area contributed by atoms with Gasteiger partial charge in [-0.15, -0.1) is 0 Å². The summed E-state index contributed by atoms with van der Waals surface area (Å²) in [4.78, 5) is 20.3. The number of hydrogen-bond acceptors (Lipinski definition) is 4. The normalized spacial score (nSPS) is 17.2. The Hall–Kier alpha value is -0.380. The second-order valence-electron chi connectivity index (χ2n) is 4.19. The van der Waals surface area contributed by atoms with Crippen molar-refractivity contribution in [2.75, 3.05) is 19.4 Å². The fourth-order valence-corrected chi connectivity index (χ4v) is 1.61. The van der Waals surface area contributed by atoms with Gasteiger partial charge in [0.2, 0.25) is 0 Å². The van der Waals surface area contributed by atoms with Crippen LogP contribution in [0.5, 0.6) is 0 Å². The van der Waals surface area contributed by atoms with E-state index in [1.807, 2.05) is 13.8 Å². The van der Waals surface area contributed by atoms with Crippen molar-refractivity contribution in [3.8, 4) is 0 Å². The zero-order chi connectivity index (χ0) is 12.1. The van der Waals surface area contributed by atoms with E-state index >= 15 is 0 Å². The first-order valence-electron chi connectivity index (χ1n) is 4.94. The molecular formula is C9H20NO4P. The summed E-state index contributed by atoms with van der Waals surface area (Å²) in [5.41, 5.74) is 5.50. The smallest absolute Gasteiger partial charge is 0.322 e. The maximum atomic E-state index is 11.2. The molecule has 0 fully saturated rings. The molecule has 90 valence electrons. The molecule has 0 rings (SSSR count). The van der Waals surface area contributed by atoms with Gasteiger partial charge in [0.05, 0.1) is 6.61 Å². The quantitative estimate of drug-likeness (QED) is 0.527. The van der Waals surface area contributed by atoms with Crippen molar-refractivity contribution >= 4 is 13.3 Å². The summed E-state index contributed by atoms with van der Waals surface area (Å²) in [6, 6.07) is -0.802. The SMILES string of the molecule is CC(C)COC(=O)[C@@H](N)CCP(C)(=O)O. The molecule has 3 N–H and O–H groups in total. The summed E-state index contributed by atoms with van der Waals surface area (Å²) in [5, 5.41) is 0. The van der Waals surface area contributed by atoms with Gasteiger partial charge in [0, 0.05) is 12.8 Å². The van der Waals surface area contributed by atoms with E-state index in [9.17, 15) is 9.36 Å². The maximum absolute atomic E-state index is 11.2. The predicted octanol–water partition coefficient (Wildman–Crippen LogP) is 0.803. The molecule has 0 amide bonds. The molecule has 0 bridgehead atoms. The van der Waals surface area contributed by atoms with Gasteiger partial charge in [-0.05, 0) is 12.3 Å². The number of carbonyl (C=O) groups is 1. The van der Waals surface area contributed by atoms with Gasteiger partial charge < -0.3 is 15.4 Å². The minimum absolute atomic E-state index is 0.0466. The van der Waals surface area contributed by atoms with Gasteiger partial charge >= 0.3 is 5.97 Å². The largest absolute Gasteiger partial charge is 0.464 e. The lowest BCUT2D eigenvalue weighted by molar-refractivity contribution is -0.146. The number of esters is 1. The first-order valence-corrected chi connectivity index (χ1v) is 7.23. The Morgan fingerprint density at radius 3 is 2.47 bits per heavy atom. The van der Waals surface area contributed by atoms with Crippen LogP contribution in [0, 0.1) is 5.92 Å². The number of nitrogens with two attached hydrogens (primary N) is 1. The molecule has 1 unspecified atom stereocenters. The van der Waals surface area contributed by atoms with Gasteiger partial charge in [-0.1, -0.05) is 13.8 Å². The highest BCUT2D eigenvalue weighted by Crippen LogP contribution is 2.35. The van der Waals surface area contributed by atoms with Crippen molar-refractivity contribution < 1.29 is 19.0 Å². The summed E-state index contributed by atoms with van der Waals surface area (Å²) >= 11 is 0. The second-order valence-corrected chi connectivity index (χ2v) is 6.74. The maximum Gasteiger partial charge on any atom is 0.322 e. The molecule has 2 atom stereocenters. The van der Waals surface area contributed by atoms with E-state index in [0.717, 1.165) is 0 Å². The van der Waals surface area contributed by atoms with E-state index < -0.39 is 19.4 Å². The summed E-state index contributed by atoms with van der Waals surface area (Å²) in [7, 11) is -3.09. The molecule has 0 heterocycles. The van der Waals surface area contributed by atoms with Crippen LogP contribution in [-0.2, 0) is 14.1 Å². The summed E-state index contributed by atoms with van der Waals surface area (Å²) in [5.74, 6) is -0.242. The number of hydrogen-bond donors (Lipinski definition) is 2. The third kappa shape index (κ3) is 8.60. The van der Waals surface area contributed by atoms with Crippen molar-refractivity contribution in [2.45, 2.75) is 26.3 Å². The van der Waals surface area contributed by atoms with Gasteiger partial charge in [-0.25, -0.2) is 0 Å². The number of rotatable bonds is 6. The third-order valence-electron chi connectivity index (χ3n) is 1.72. The Balaban J connectivity index is 3.84. The van der Waals surface area contributed by atoms with E-state index in [1.54, 1.807) is 0 Å². The van der Waals surface area contributed by atoms with Gasteiger partial charge in [-0.3, -0.25) is 9.36 Å². The van der Waals surface area contributed by atoms with Crippen molar-refractivity contribution in [3.05, 3.63) is 0 Å². The van der Waals surface area contributed by atoms with Crippen LogP contribution in [0.15, 0.2) is 0 Å². The standard InChI is InChI=1S/C9H20NO4P/c1-7(2)6-14-9(11)8(10)4-5-15(3,12)13/h7-8H,4-6,10H2,1-3H3,(H,12,13)/t8-/m0/s1. The third-order valence-corrected chi connectivity index (χ3v) is 2.80. The molecule has 0 aromatic rings. The van der Waals surface area contributed by atoms with Crippen LogP contribution in [-0.4, -0.2) is 36.3 Å². The molecular weight excluding hydrogens is 217 g/mol. The monoisotopic (exact) mass is 237 g/mol. The second kappa shape index (κ2) is 6.26. The zero-order valence-electron chi connectivity index (χ0n) is 9.47. The lowest BCUT2D eigenvalue weighted by Crippen LogP contribution is -2.33. The van der Waals surface area contributed by atoms with E-state index in [4.69, 9.17) is 15.4 Å². The average Bonchev–Trinajstić information content (AvgIpc) is 2.08. The fourth-order valence-electron chi connectivity index (χ4n) is 0.852. The van der Waals surface area contributed by atoms with Gasteiger partial charge in [0.1, 0.15) is 6.04 Å². The molecule has 0 aliphatic carbocycles. The molecule has 0 spiro atoms. The molecule has 0 aliphatic heterocycles. The fraction of sp³-hybridized carbons (Fsp3) is 0.889. The predicted molar refractivity (Wildman–Crippen MR) is 59.0 cm³/mol. The van der Waals surface area contributed by atoms with Crippen LogP contribution >= 0.6 is 7.37 Å². The molecule has 0 aliphatic rings. The van der Waals surface area contributed by atoms with Crippen LogP contribution in [0.3, 0.4) is 0 Å². The topological polar surface area (TPSA) is 89.6 Å². The highest BCUT2D eigenvalue weighted by atomic mass is 31.2. The highest BCUT2D eigenvalue weighted by molar-refractivity contribution is 7.57. The van der Waals surface area contributed by atoms with Crippen molar-refractivity contribution in [2.24, 2.45) is 11.7 Å². The van der Waals surface area contributed by atoms with E-state index in [1.165, 1.54) is 6.66 Å². The first kappa shape index (κ1) is 14.6. The zero-order valence-corrected chi connectivity index (χ0v) is 10.4. The lowest BCUT2D eigenvalue weighted by Gasteiger charge is -2.13. The Labute approximate surface area is 90.4 Å². The molecule has 15 heavy (non-hydrogen) atoms. The van der Waals surface area contributed by atoms with Crippen LogP contribution in [0.4, 0.5) is 0 Å². The van der Waals surface area contributed by atoms with Crippen LogP contribution in [0.1, 0.15) is 20.3 Å². The lowest BCUT2D eigenvalue weighted by atomic mass is 10.2. The van der Waals surface area contributed by atoms with Crippen LogP contribution in [0.25, 0.3) is 0 Å². The Morgan fingerprint density at radius 1 is 1.53 bits per heavy atom. The summed E-state index contributed by atoms with van der Waals surface area (Å²) in [6.45, 7) is 5.42. The van der Waals surface area contributed by atoms with Crippen LogP contribution < -0.4 is 5.73 Å². The van der Waals surface area contributed by atoms with Crippen molar-refractivity contribution in [3.63, 3.8) is 0 Å². The molecule has 0 saturated carbocycles. The Kier molecular flexibility index (Phi) is 6.10. The van der Waals surface area contributed by atoms with Gasteiger partial charge in [-0.2, -0.15) is 0 Å². The van der Waals surface area contributed by atoms with E-state index in [-0.39, 0.29) is 18.5 Å². The molecule has 5 nitrogen and oxygen atoms in total. The van der Waals surface area contributed by atoms with E-state index in [2.05, 4.69) is 0 Å². The molecule has 0 saturated heterocycles. The molecule has 0 radical (unpaired) electrons. The molecule has 0 aromatic carbocycles. The molecule has 6 heteroatoms. The first-order chi connectivity index (χ1) is 6.72. The number of carbonyl (C=O) groups excluding carboxylic acids is 1. The number of ether oxygens (including phenoxy) is 1. The minimum Gasteiger partial charge on any atom is -0.464 e. The van der Waals surface area contributed by atoms with E-state index in [0.29, 0.717) is 6.61 Å². The Morgan fingerprint density at radius 2 is 2.07 bits per heavy atom. The van der Waals surface area contributed by atoms with Gasteiger partial charge in [0.25, 0.3) is 0 Å². The van der Waals surface area contributed by atoms with Gasteiger partial charge in [0.15, 0.2) is 7.37 Å². The Bertz CT molecular complexity index is 248. The molecule has 0 aromatic heterocycles. The average molecular weight is 237 g/mol.